The fourth-order valence-electron chi connectivity index (χ4n) is 10.4. The van der Waals surface area contributed by atoms with Crippen molar-refractivity contribution in [2.75, 3.05) is 28.4 Å². The van der Waals surface area contributed by atoms with E-state index in [1.807, 2.05) is 36.4 Å². The van der Waals surface area contributed by atoms with Gasteiger partial charge in [-0.3, -0.25) is 0 Å². The molecule has 7 nitrogen and oxygen atoms in total. The van der Waals surface area contributed by atoms with Gasteiger partial charge < -0.3 is 23.7 Å². The third kappa shape index (κ3) is 2.71. The minimum atomic E-state index is -1.40. The Morgan fingerprint density at radius 3 is 1.89 bits per heavy atom. The van der Waals surface area contributed by atoms with Gasteiger partial charge in [-0.2, -0.15) is 0 Å². The Kier molecular flexibility index (Phi) is 5.12. The molecule has 4 aromatic rings. The Morgan fingerprint density at radius 1 is 0.750 bits per heavy atom. The Bertz CT molecular complexity index is 1980. The maximum atomic E-state index is 14.4. The Hall–Kier alpha value is -4.36. The van der Waals surface area contributed by atoms with Crippen molar-refractivity contribution < 1.29 is 33.3 Å². The van der Waals surface area contributed by atoms with Crippen LogP contribution in [0.4, 0.5) is 0 Å². The van der Waals surface area contributed by atoms with Gasteiger partial charge in [0.25, 0.3) is 0 Å². The van der Waals surface area contributed by atoms with E-state index in [4.69, 9.17) is 23.7 Å². The van der Waals surface area contributed by atoms with Crippen molar-refractivity contribution in [3.05, 3.63) is 89.0 Å². The summed E-state index contributed by atoms with van der Waals surface area (Å²) in [6.07, 6.45) is 4.91. The van der Waals surface area contributed by atoms with Crippen LogP contribution >= 0.6 is 0 Å². The summed E-state index contributed by atoms with van der Waals surface area (Å²) in [5.41, 5.74) is 1.35. The summed E-state index contributed by atoms with van der Waals surface area (Å²) < 4.78 is 30.6. The normalized spacial score (nSPS) is 33.1. The van der Waals surface area contributed by atoms with E-state index in [9.17, 15) is 9.59 Å². The van der Waals surface area contributed by atoms with Crippen LogP contribution in [0.3, 0.4) is 0 Å². The minimum absolute atomic E-state index is 0.105. The first-order chi connectivity index (χ1) is 21.5. The molecule has 2 heterocycles. The van der Waals surface area contributed by atoms with Crippen molar-refractivity contribution in [3.8, 4) is 11.5 Å². The molecule has 222 valence electrons. The van der Waals surface area contributed by atoms with E-state index in [1.54, 1.807) is 14.2 Å². The molecule has 0 aromatic heterocycles. The molecule has 4 bridgehead atoms. The largest absolute Gasteiger partial charge is 0.496 e. The smallest absolute Gasteiger partial charge is 0.339 e. The van der Waals surface area contributed by atoms with Crippen LogP contribution in [0, 0.1) is 17.8 Å². The van der Waals surface area contributed by atoms with Gasteiger partial charge in [0, 0.05) is 45.6 Å². The molecule has 1 saturated carbocycles. The summed E-state index contributed by atoms with van der Waals surface area (Å²) in [7, 11) is 6.22. The third-order valence-electron chi connectivity index (χ3n) is 11.5. The van der Waals surface area contributed by atoms with E-state index in [1.165, 1.54) is 14.2 Å². The summed E-state index contributed by atoms with van der Waals surface area (Å²) >= 11 is 0. The van der Waals surface area contributed by atoms with E-state index in [-0.39, 0.29) is 23.7 Å². The predicted octanol–water partition coefficient (Wildman–Crippen LogP) is 6.12. The van der Waals surface area contributed by atoms with E-state index in [0.717, 1.165) is 61.7 Å². The maximum Gasteiger partial charge on any atom is 0.339 e. The monoisotopic (exact) mass is 588 g/mol. The van der Waals surface area contributed by atoms with Crippen LogP contribution in [0.5, 0.6) is 11.5 Å². The van der Waals surface area contributed by atoms with Gasteiger partial charge in [0.15, 0.2) is 11.2 Å². The number of ether oxygens (including phenoxy) is 5. The maximum absolute atomic E-state index is 14.4. The molecule has 8 atom stereocenters. The summed E-state index contributed by atoms with van der Waals surface area (Å²) in [6.45, 7) is 0. The van der Waals surface area contributed by atoms with Crippen LogP contribution in [0.15, 0.2) is 66.7 Å². The van der Waals surface area contributed by atoms with E-state index >= 15 is 0 Å². The second-order valence-corrected chi connectivity index (χ2v) is 12.8. The van der Waals surface area contributed by atoms with E-state index < -0.39 is 35.0 Å². The Labute approximate surface area is 254 Å². The quantitative estimate of drug-likeness (QED) is 0.266. The molecule has 0 radical (unpaired) electrons. The van der Waals surface area contributed by atoms with Gasteiger partial charge in [-0.25, -0.2) is 9.59 Å². The number of carbonyl (C=O) groups excluding carboxylic acids is 2. The van der Waals surface area contributed by atoms with E-state index in [0.29, 0.717) is 0 Å². The lowest BCUT2D eigenvalue weighted by atomic mass is 9.50. The average molecular weight is 589 g/mol. The van der Waals surface area contributed by atoms with Crippen LogP contribution in [-0.2, 0) is 23.8 Å². The number of hydrogen-bond acceptors (Lipinski definition) is 7. The Balaban J connectivity index is 1.36. The molecule has 9 rings (SSSR count). The number of hydrogen-bond donors (Lipinski definition) is 0. The Morgan fingerprint density at radius 2 is 1.30 bits per heavy atom. The second-order valence-electron chi connectivity index (χ2n) is 12.8. The van der Waals surface area contributed by atoms with Gasteiger partial charge in [0.1, 0.15) is 11.5 Å². The molecular formula is C37H32O7. The highest BCUT2D eigenvalue weighted by atomic mass is 16.6. The molecule has 2 saturated heterocycles. The number of esters is 2. The number of benzene rings is 4. The lowest BCUT2D eigenvalue weighted by molar-refractivity contribution is -0.183. The molecule has 2 aliphatic heterocycles. The average Bonchev–Trinajstić information content (AvgIpc) is 3.81. The molecule has 44 heavy (non-hydrogen) atoms. The highest BCUT2D eigenvalue weighted by Crippen LogP contribution is 2.80. The summed E-state index contributed by atoms with van der Waals surface area (Å²) in [6, 6.07) is 20.6. The van der Waals surface area contributed by atoms with Gasteiger partial charge in [-0.15, -0.1) is 0 Å². The molecule has 7 heteroatoms. The van der Waals surface area contributed by atoms with Gasteiger partial charge in [-0.05, 0) is 46.2 Å². The van der Waals surface area contributed by atoms with Gasteiger partial charge in [0.2, 0.25) is 0 Å². The first-order valence-electron chi connectivity index (χ1n) is 15.2. The molecule has 0 N–H and O–H groups in total. The van der Waals surface area contributed by atoms with Crippen LogP contribution in [0.2, 0.25) is 0 Å². The van der Waals surface area contributed by atoms with Crippen LogP contribution < -0.4 is 9.47 Å². The fraction of sp³-hybridized carbons (Fsp3) is 0.351. The third-order valence-corrected chi connectivity index (χ3v) is 11.5. The number of carbonyl (C=O) groups is 2. The van der Waals surface area contributed by atoms with Crippen molar-refractivity contribution in [2.24, 2.45) is 17.8 Å². The van der Waals surface area contributed by atoms with Gasteiger partial charge in [-0.1, -0.05) is 66.7 Å². The zero-order valence-electron chi connectivity index (χ0n) is 25.0. The van der Waals surface area contributed by atoms with Crippen LogP contribution in [0.1, 0.15) is 46.4 Å². The van der Waals surface area contributed by atoms with Crippen molar-refractivity contribution in [3.63, 3.8) is 0 Å². The second kappa shape index (κ2) is 8.63. The van der Waals surface area contributed by atoms with Crippen molar-refractivity contribution in [1.82, 2.24) is 0 Å². The number of rotatable bonds is 4. The first kappa shape index (κ1) is 26.1. The molecule has 0 unspecified atom stereocenters. The van der Waals surface area contributed by atoms with Crippen molar-refractivity contribution in [1.29, 1.82) is 0 Å². The molecule has 3 aliphatic carbocycles. The molecule has 0 spiro atoms. The molecule has 0 amide bonds. The summed E-state index contributed by atoms with van der Waals surface area (Å²) in [5, 5.41) is 4.11. The standard InChI is InChI=1S/C37H32O7/c1-40-32-21-11-7-8-12-22(21)33(41-2)28-25-17-24(27(28)32)30-31(25)37(35(39)43-4)29-23-16-19-10-6-5-9-18(19)15-20(23)13-14-26(29)36(30,44-37)34(38)42-3/h5-16,24-26,29-31H,17H2,1-4H3/t24-,25+,26-,29+,30-,31+,36-,37-/m1/s1. The lowest BCUT2D eigenvalue weighted by Crippen LogP contribution is -2.58. The zero-order chi connectivity index (χ0) is 30.1. The first-order valence-corrected chi connectivity index (χ1v) is 15.2. The van der Waals surface area contributed by atoms with Gasteiger partial charge in [0.05, 0.1) is 28.4 Å². The molecule has 4 aromatic carbocycles. The van der Waals surface area contributed by atoms with Crippen LogP contribution in [-0.4, -0.2) is 51.6 Å². The number of fused-ring (bicyclic) bond motifs is 19. The summed E-state index contributed by atoms with van der Waals surface area (Å²) in [5.74, 6) is -1.02. The lowest BCUT2D eigenvalue weighted by Gasteiger charge is -2.48. The molecule has 3 fully saturated rings. The minimum Gasteiger partial charge on any atom is -0.496 e. The topological polar surface area (TPSA) is 80.3 Å². The van der Waals surface area contributed by atoms with Crippen molar-refractivity contribution in [2.45, 2.75) is 35.4 Å². The molecular weight excluding hydrogens is 556 g/mol. The van der Waals surface area contributed by atoms with Gasteiger partial charge >= 0.3 is 11.9 Å². The van der Waals surface area contributed by atoms with E-state index in [2.05, 4.69) is 36.4 Å². The number of methoxy groups -OCH3 is 4. The highest BCUT2D eigenvalue weighted by molar-refractivity contribution is 5.99. The molecule has 5 aliphatic rings. The van der Waals surface area contributed by atoms with Crippen LogP contribution in [0.25, 0.3) is 27.6 Å². The SMILES string of the molecule is COC(=O)[C@]12O[C@@](C(=O)OC)([C@@H]3[C@H]1[C@@H]1C[C@H]3c3c1c(OC)c1ccccc1c3OC)[C@H]1c3cc4ccccc4cc3C=C[C@H]12. The summed E-state index contributed by atoms with van der Waals surface area (Å²) in [4.78, 5) is 28.7. The highest BCUT2D eigenvalue weighted by Gasteiger charge is 2.86. The zero-order valence-corrected chi connectivity index (χ0v) is 25.0. The fourth-order valence-corrected chi connectivity index (χ4v) is 10.4. The predicted molar refractivity (Wildman–Crippen MR) is 164 cm³/mol. The van der Waals surface area contributed by atoms with Crippen molar-refractivity contribution >= 4 is 39.6 Å².